The van der Waals surface area contributed by atoms with Gasteiger partial charge in [0.1, 0.15) is 9.84 Å². The second kappa shape index (κ2) is 6.06. The van der Waals surface area contributed by atoms with E-state index in [1.54, 1.807) is 20.0 Å². The largest absolute Gasteiger partial charge is 0.387 e. The van der Waals surface area contributed by atoms with Gasteiger partial charge in [0.25, 0.3) is 5.91 Å². The van der Waals surface area contributed by atoms with E-state index in [0.717, 1.165) is 17.5 Å². The summed E-state index contributed by atoms with van der Waals surface area (Å²) in [5.74, 6) is -0.344. The van der Waals surface area contributed by atoms with Crippen molar-refractivity contribution in [2.45, 2.75) is 19.9 Å². The first kappa shape index (κ1) is 15.5. The Morgan fingerprint density at radius 1 is 1.37 bits per heavy atom. The number of hydrogen-bond acceptors (Lipinski definition) is 4. The Balaban J connectivity index is 2.86. The van der Waals surface area contributed by atoms with Gasteiger partial charge in [-0.3, -0.25) is 4.79 Å². The van der Waals surface area contributed by atoms with E-state index in [1.165, 1.54) is 0 Å². The molecule has 0 saturated heterocycles. The van der Waals surface area contributed by atoms with Gasteiger partial charge in [0.2, 0.25) is 0 Å². The molecule has 0 aliphatic rings. The van der Waals surface area contributed by atoms with Crippen molar-refractivity contribution in [3.8, 4) is 0 Å². The smallest absolute Gasteiger partial charge is 0.253 e. The predicted molar refractivity (Wildman–Crippen MR) is 77.4 cm³/mol. The number of carbonyl (C=O) groups is 1. The lowest BCUT2D eigenvalue weighted by Crippen LogP contribution is -2.37. The molecule has 0 heterocycles. The number of hydrogen-bond donors (Lipinski definition) is 2. The molecule has 6 heteroatoms. The standard InChI is InChI=1S/C13H20N2O3S/c1-9-5-6-12(14-3)11(7-9)13(16)15-10(2)8-19(4,17)18/h5-7,10,14H,8H2,1-4H3,(H,15,16). The van der Waals surface area contributed by atoms with Crippen LogP contribution in [0.15, 0.2) is 18.2 Å². The third-order valence-corrected chi connectivity index (χ3v) is 3.72. The fourth-order valence-electron chi connectivity index (χ4n) is 1.86. The molecule has 1 aromatic rings. The van der Waals surface area contributed by atoms with Crippen LogP contribution < -0.4 is 10.6 Å². The van der Waals surface area contributed by atoms with Gasteiger partial charge in [-0.05, 0) is 26.0 Å². The summed E-state index contributed by atoms with van der Waals surface area (Å²) >= 11 is 0. The Bertz CT molecular complexity index is 567. The van der Waals surface area contributed by atoms with E-state index in [-0.39, 0.29) is 11.7 Å². The third kappa shape index (κ3) is 4.90. The highest BCUT2D eigenvalue weighted by Crippen LogP contribution is 2.16. The summed E-state index contributed by atoms with van der Waals surface area (Å²) in [4.78, 5) is 12.1. The molecule has 1 rings (SSSR count). The second-order valence-electron chi connectivity index (χ2n) is 4.77. The monoisotopic (exact) mass is 284 g/mol. The molecule has 1 aromatic carbocycles. The van der Waals surface area contributed by atoms with Crippen LogP contribution in [0.1, 0.15) is 22.8 Å². The topological polar surface area (TPSA) is 75.3 Å². The van der Waals surface area contributed by atoms with Crippen molar-refractivity contribution < 1.29 is 13.2 Å². The van der Waals surface area contributed by atoms with Crippen LogP contribution in [-0.4, -0.2) is 39.4 Å². The van der Waals surface area contributed by atoms with Crippen LogP contribution in [0.4, 0.5) is 5.69 Å². The van der Waals surface area contributed by atoms with Gasteiger partial charge in [0.15, 0.2) is 0 Å². The lowest BCUT2D eigenvalue weighted by Gasteiger charge is -2.15. The zero-order chi connectivity index (χ0) is 14.6. The highest BCUT2D eigenvalue weighted by atomic mass is 32.2. The van der Waals surface area contributed by atoms with Crippen molar-refractivity contribution in [3.63, 3.8) is 0 Å². The summed E-state index contributed by atoms with van der Waals surface area (Å²) in [5.41, 5.74) is 2.21. The molecule has 0 radical (unpaired) electrons. The molecule has 0 bridgehead atoms. The molecular formula is C13H20N2O3S. The third-order valence-electron chi connectivity index (χ3n) is 2.62. The van der Waals surface area contributed by atoms with Gasteiger partial charge in [-0.2, -0.15) is 0 Å². The summed E-state index contributed by atoms with van der Waals surface area (Å²) in [6.45, 7) is 3.57. The fourth-order valence-corrected chi connectivity index (χ4v) is 2.85. The van der Waals surface area contributed by atoms with E-state index in [0.29, 0.717) is 5.56 Å². The van der Waals surface area contributed by atoms with E-state index in [9.17, 15) is 13.2 Å². The highest BCUT2D eigenvalue weighted by Gasteiger charge is 2.16. The average Bonchev–Trinajstić information content (AvgIpc) is 2.26. The lowest BCUT2D eigenvalue weighted by molar-refractivity contribution is 0.0944. The number of nitrogens with one attached hydrogen (secondary N) is 2. The second-order valence-corrected chi connectivity index (χ2v) is 6.95. The molecule has 5 nitrogen and oxygen atoms in total. The van der Waals surface area contributed by atoms with Crippen molar-refractivity contribution in [1.29, 1.82) is 0 Å². The lowest BCUT2D eigenvalue weighted by atomic mass is 10.1. The van der Waals surface area contributed by atoms with Gasteiger partial charge >= 0.3 is 0 Å². The summed E-state index contributed by atoms with van der Waals surface area (Å²) in [5, 5.41) is 5.64. The normalized spacial score (nSPS) is 12.8. The van der Waals surface area contributed by atoms with E-state index in [2.05, 4.69) is 10.6 Å². The molecule has 1 amide bonds. The Labute approximate surface area is 114 Å². The van der Waals surface area contributed by atoms with E-state index in [4.69, 9.17) is 0 Å². The number of anilines is 1. The van der Waals surface area contributed by atoms with E-state index < -0.39 is 15.9 Å². The molecule has 2 N–H and O–H groups in total. The van der Waals surface area contributed by atoms with Crippen LogP contribution in [0, 0.1) is 6.92 Å². The quantitative estimate of drug-likeness (QED) is 0.852. The number of carbonyl (C=O) groups excluding carboxylic acids is 1. The maximum absolute atomic E-state index is 12.1. The van der Waals surface area contributed by atoms with Crippen LogP contribution in [0.25, 0.3) is 0 Å². The maximum atomic E-state index is 12.1. The molecule has 19 heavy (non-hydrogen) atoms. The van der Waals surface area contributed by atoms with Gasteiger partial charge in [-0.1, -0.05) is 11.6 Å². The maximum Gasteiger partial charge on any atom is 0.253 e. The predicted octanol–water partition coefficient (Wildman–Crippen LogP) is 1.20. The fraction of sp³-hybridized carbons (Fsp3) is 0.462. The summed E-state index contributed by atoms with van der Waals surface area (Å²) < 4.78 is 22.3. The Hall–Kier alpha value is -1.56. The Morgan fingerprint density at radius 3 is 2.53 bits per heavy atom. The van der Waals surface area contributed by atoms with Gasteiger partial charge < -0.3 is 10.6 Å². The van der Waals surface area contributed by atoms with Crippen LogP contribution in [0.5, 0.6) is 0 Å². The van der Waals surface area contributed by atoms with Gasteiger partial charge in [0.05, 0.1) is 11.3 Å². The first-order chi connectivity index (χ1) is 8.73. The number of benzene rings is 1. The van der Waals surface area contributed by atoms with E-state index >= 15 is 0 Å². The first-order valence-electron chi connectivity index (χ1n) is 6.00. The minimum absolute atomic E-state index is 0.0700. The molecule has 0 aliphatic carbocycles. The van der Waals surface area contributed by atoms with Crippen LogP contribution in [-0.2, 0) is 9.84 Å². The number of amides is 1. The van der Waals surface area contributed by atoms with Crippen LogP contribution in [0.2, 0.25) is 0 Å². The molecule has 0 fully saturated rings. The van der Waals surface area contributed by atoms with Crippen LogP contribution in [0.3, 0.4) is 0 Å². The summed E-state index contributed by atoms with van der Waals surface area (Å²) in [7, 11) is -1.37. The SMILES string of the molecule is CNc1ccc(C)cc1C(=O)NC(C)CS(C)(=O)=O. The molecule has 0 aliphatic heterocycles. The Morgan fingerprint density at radius 2 is 2.00 bits per heavy atom. The molecule has 1 unspecified atom stereocenters. The molecule has 106 valence electrons. The molecule has 0 aromatic heterocycles. The average molecular weight is 284 g/mol. The van der Waals surface area contributed by atoms with Crippen molar-refractivity contribution in [2.75, 3.05) is 24.4 Å². The van der Waals surface area contributed by atoms with Gasteiger partial charge in [-0.15, -0.1) is 0 Å². The number of rotatable bonds is 5. The number of aryl methyl sites for hydroxylation is 1. The minimum Gasteiger partial charge on any atom is -0.387 e. The van der Waals surface area contributed by atoms with Crippen molar-refractivity contribution in [1.82, 2.24) is 5.32 Å². The van der Waals surface area contributed by atoms with E-state index in [1.807, 2.05) is 19.1 Å². The van der Waals surface area contributed by atoms with Crippen molar-refractivity contribution in [3.05, 3.63) is 29.3 Å². The Kier molecular flexibility index (Phi) is 4.94. The van der Waals surface area contributed by atoms with Gasteiger partial charge in [-0.25, -0.2) is 8.42 Å². The minimum atomic E-state index is -3.11. The zero-order valence-electron chi connectivity index (χ0n) is 11.6. The molecule has 1 atom stereocenters. The number of sulfone groups is 1. The zero-order valence-corrected chi connectivity index (χ0v) is 12.5. The molecular weight excluding hydrogens is 264 g/mol. The summed E-state index contributed by atoms with van der Waals surface area (Å²) in [6.07, 6.45) is 1.15. The summed E-state index contributed by atoms with van der Waals surface area (Å²) in [6, 6.07) is 5.08. The van der Waals surface area contributed by atoms with Crippen molar-refractivity contribution >= 4 is 21.4 Å². The van der Waals surface area contributed by atoms with Crippen LogP contribution >= 0.6 is 0 Å². The van der Waals surface area contributed by atoms with Gasteiger partial charge in [0, 0.05) is 25.0 Å². The first-order valence-corrected chi connectivity index (χ1v) is 8.06. The molecule has 0 spiro atoms. The van der Waals surface area contributed by atoms with Crippen molar-refractivity contribution in [2.24, 2.45) is 0 Å². The molecule has 0 saturated carbocycles. The highest BCUT2D eigenvalue weighted by molar-refractivity contribution is 7.90.